The predicted octanol–water partition coefficient (Wildman–Crippen LogP) is 4.97. The molecule has 2 aliphatic rings. The van der Waals surface area contributed by atoms with Crippen molar-refractivity contribution in [1.29, 1.82) is 0 Å². The number of hydrogen-bond acceptors (Lipinski definition) is 5. The molecule has 6 nitrogen and oxygen atoms in total. The molecule has 0 saturated heterocycles. The maximum atomic E-state index is 13.2. The van der Waals surface area contributed by atoms with Crippen molar-refractivity contribution < 1.29 is 32.6 Å². The van der Waals surface area contributed by atoms with Gasteiger partial charge in [0, 0.05) is 44.5 Å². The van der Waals surface area contributed by atoms with Gasteiger partial charge in [0.2, 0.25) is 0 Å². The Morgan fingerprint density at radius 1 is 1.05 bits per heavy atom. The average Bonchev–Trinajstić information content (AvgIpc) is 2.87. The maximum Gasteiger partial charge on any atom is 0.416 e. The first-order valence-electron chi connectivity index (χ1n) is 12.0. The van der Waals surface area contributed by atoms with Crippen LogP contribution in [-0.2, 0) is 33.5 Å². The van der Waals surface area contributed by atoms with Crippen molar-refractivity contribution in [2.45, 2.75) is 38.4 Å². The van der Waals surface area contributed by atoms with E-state index in [2.05, 4.69) is 17.0 Å². The van der Waals surface area contributed by atoms with E-state index in [0.717, 1.165) is 31.6 Å². The van der Waals surface area contributed by atoms with Crippen LogP contribution < -0.4 is 0 Å². The Kier molecular flexibility index (Phi) is 7.45. The molecule has 1 atom stereocenters. The summed E-state index contributed by atoms with van der Waals surface area (Å²) < 4.78 is 44.6. The van der Waals surface area contributed by atoms with Crippen LogP contribution in [0.5, 0.6) is 0 Å². The van der Waals surface area contributed by atoms with Crippen molar-refractivity contribution in [3.05, 3.63) is 93.3 Å². The number of benzene rings is 2. The highest BCUT2D eigenvalue weighted by molar-refractivity contribution is 5.99. The van der Waals surface area contributed by atoms with Crippen molar-refractivity contribution >= 4 is 11.9 Å². The Morgan fingerprint density at radius 2 is 1.70 bits per heavy atom. The number of carbonyl (C=O) groups is 2. The normalized spacial score (nSPS) is 18.6. The van der Waals surface area contributed by atoms with Crippen molar-refractivity contribution in [2.75, 3.05) is 27.2 Å². The summed E-state index contributed by atoms with van der Waals surface area (Å²) in [5.41, 5.74) is 3.07. The lowest BCUT2D eigenvalue weighted by molar-refractivity contribution is -0.138. The molecule has 2 heterocycles. The van der Waals surface area contributed by atoms with Gasteiger partial charge in [-0.25, -0.2) is 9.59 Å². The van der Waals surface area contributed by atoms with Crippen LogP contribution in [0.15, 0.2) is 71.1 Å². The van der Waals surface area contributed by atoms with Gasteiger partial charge in [-0.15, -0.1) is 0 Å². The number of carbonyl (C=O) groups excluding carboxylic acids is 1. The monoisotopic (exact) mass is 514 g/mol. The van der Waals surface area contributed by atoms with Gasteiger partial charge in [0.25, 0.3) is 0 Å². The largest absolute Gasteiger partial charge is 0.478 e. The number of hydrogen-bond donors (Lipinski definition) is 1. The fourth-order valence-electron chi connectivity index (χ4n) is 5.22. The van der Waals surface area contributed by atoms with Crippen LogP contribution in [0.25, 0.3) is 0 Å². The third-order valence-corrected chi connectivity index (χ3v) is 7.27. The zero-order valence-corrected chi connectivity index (χ0v) is 20.9. The first-order valence-corrected chi connectivity index (χ1v) is 12.0. The van der Waals surface area contributed by atoms with Crippen LogP contribution in [0, 0.1) is 0 Å². The van der Waals surface area contributed by atoms with Gasteiger partial charge >= 0.3 is 18.1 Å². The quantitative estimate of drug-likeness (QED) is 0.549. The number of halogens is 3. The third-order valence-electron chi connectivity index (χ3n) is 7.27. The van der Waals surface area contributed by atoms with E-state index in [4.69, 9.17) is 4.74 Å². The second kappa shape index (κ2) is 10.4. The highest BCUT2D eigenvalue weighted by Gasteiger charge is 2.40. The molecule has 1 unspecified atom stereocenters. The number of ether oxygens (including phenoxy) is 1. The minimum Gasteiger partial charge on any atom is -0.478 e. The van der Waals surface area contributed by atoms with E-state index in [1.54, 1.807) is 18.9 Å². The van der Waals surface area contributed by atoms with Crippen molar-refractivity contribution in [1.82, 2.24) is 9.80 Å². The maximum absolute atomic E-state index is 13.2. The molecule has 0 radical (unpaired) electrons. The van der Waals surface area contributed by atoms with Gasteiger partial charge < -0.3 is 14.7 Å². The number of aliphatic carboxylic acids is 1. The van der Waals surface area contributed by atoms with Crippen LogP contribution in [0.1, 0.15) is 41.5 Å². The number of carboxylic acids is 1. The second-order valence-electron chi connectivity index (χ2n) is 9.31. The zero-order valence-electron chi connectivity index (χ0n) is 20.9. The van der Waals surface area contributed by atoms with E-state index in [9.17, 15) is 27.9 Å². The number of esters is 1. The molecule has 0 aromatic heterocycles. The smallest absolute Gasteiger partial charge is 0.416 e. The standard InChI is InChI=1S/C28H29F3N2O4/c1-17-23(26(34)35)24(19-8-10-21(11-9-19)28(29,30)31)25(27(36)37-3)22(32(17)2)13-15-33-14-12-18-6-4-5-7-20(18)16-33/h4-11,24H,12-16H2,1-3H3,(H,34,35). The number of allylic oxidation sites excluding steroid dienone is 1. The Morgan fingerprint density at radius 3 is 2.30 bits per heavy atom. The van der Waals surface area contributed by atoms with E-state index >= 15 is 0 Å². The average molecular weight is 515 g/mol. The fraction of sp³-hybridized carbons (Fsp3) is 0.357. The van der Waals surface area contributed by atoms with Gasteiger partial charge in [-0.3, -0.25) is 4.90 Å². The summed E-state index contributed by atoms with van der Waals surface area (Å²) in [6, 6.07) is 12.5. The van der Waals surface area contributed by atoms with Crippen LogP contribution in [0.2, 0.25) is 0 Å². The molecule has 2 aromatic rings. The first kappa shape index (κ1) is 26.5. The van der Waals surface area contributed by atoms with E-state index in [0.29, 0.717) is 24.4 Å². The molecule has 0 spiro atoms. The van der Waals surface area contributed by atoms with Crippen LogP contribution in [-0.4, -0.2) is 54.1 Å². The molecule has 2 aliphatic heterocycles. The number of nitrogens with zero attached hydrogens (tertiary/aromatic N) is 2. The molecule has 1 N–H and O–H groups in total. The molecule has 37 heavy (non-hydrogen) atoms. The van der Waals surface area contributed by atoms with Gasteiger partial charge in [-0.1, -0.05) is 36.4 Å². The predicted molar refractivity (Wildman–Crippen MR) is 131 cm³/mol. The highest BCUT2D eigenvalue weighted by atomic mass is 19.4. The SMILES string of the molecule is COC(=O)C1=C(CCN2CCc3ccccc3C2)N(C)C(C)=C(C(=O)O)C1c1ccc(C(F)(F)F)cc1. The lowest BCUT2D eigenvalue weighted by Gasteiger charge is -2.37. The van der Waals surface area contributed by atoms with Crippen molar-refractivity contribution in [3.63, 3.8) is 0 Å². The summed E-state index contributed by atoms with van der Waals surface area (Å²) in [5, 5.41) is 10.1. The number of carboxylic acid groups (broad SMARTS) is 1. The third kappa shape index (κ3) is 5.27. The molecule has 0 aliphatic carbocycles. The molecule has 9 heteroatoms. The van der Waals surface area contributed by atoms with Crippen LogP contribution in [0.3, 0.4) is 0 Å². The summed E-state index contributed by atoms with van der Waals surface area (Å²) in [4.78, 5) is 29.4. The van der Waals surface area contributed by atoms with Gasteiger partial charge in [-0.2, -0.15) is 13.2 Å². The molecule has 0 fully saturated rings. The molecule has 0 bridgehead atoms. The summed E-state index contributed by atoms with van der Waals surface area (Å²) in [7, 11) is 2.91. The summed E-state index contributed by atoms with van der Waals surface area (Å²) >= 11 is 0. The molecule has 4 rings (SSSR count). The van der Waals surface area contributed by atoms with Crippen molar-refractivity contribution in [2.24, 2.45) is 0 Å². The van der Waals surface area contributed by atoms with Crippen molar-refractivity contribution in [3.8, 4) is 0 Å². The number of rotatable bonds is 6. The van der Waals surface area contributed by atoms with E-state index in [1.807, 2.05) is 12.1 Å². The first-order chi connectivity index (χ1) is 17.5. The fourth-order valence-corrected chi connectivity index (χ4v) is 5.22. The Bertz CT molecular complexity index is 1260. The van der Waals surface area contributed by atoms with Gasteiger partial charge in [0.15, 0.2) is 0 Å². The molecule has 0 amide bonds. The number of alkyl halides is 3. The number of methoxy groups -OCH3 is 1. The molecule has 2 aromatic carbocycles. The molecular formula is C28H29F3N2O4. The van der Waals surface area contributed by atoms with Gasteiger partial charge in [0.1, 0.15) is 0 Å². The minimum absolute atomic E-state index is 0.0710. The van der Waals surface area contributed by atoms with E-state index < -0.39 is 29.6 Å². The van der Waals surface area contributed by atoms with Crippen LogP contribution in [0.4, 0.5) is 13.2 Å². The lowest BCUT2D eigenvalue weighted by atomic mass is 9.79. The lowest BCUT2D eigenvalue weighted by Crippen LogP contribution is -2.36. The molecular weight excluding hydrogens is 485 g/mol. The zero-order chi connectivity index (χ0) is 26.9. The Labute approximate surface area is 213 Å². The second-order valence-corrected chi connectivity index (χ2v) is 9.31. The summed E-state index contributed by atoms with van der Waals surface area (Å²) in [6.45, 7) is 3.87. The Balaban J connectivity index is 1.73. The summed E-state index contributed by atoms with van der Waals surface area (Å²) in [5.74, 6) is -3.02. The van der Waals surface area contributed by atoms with E-state index in [1.165, 1.54) is 30.4 Å². The number of fused-ring (bicyclic) bond motifs is 1. The topological polar surface area (TPSA) is 70.1 Å². The van der Waals surface area contributed by atoms with Gasteiger partial charge in [0.05, 0.1) is 29.7 Å². The minimum atomic E-state index is -4.54. The molecule has 0 saturated carbocycles. The van der Waals surface area contributed by atoms with Crippen LogP contribution >= 0.6 is 0 Å². The Hall–Kier alpha value is -3.59. The molecule has 196 valence electrons. The van der Waals surface area contributed by atoms with E-state index in [-0.39, 0.29) is 16.7 Å². The highest BCUT2D eigenvalue weighted by Crippen LogP contribution is 2.43. The van der Waals surface area contributed by atoms with Gasteiger partial charge in [-0.05, 0) is 42.2 Å². The summed E-state index contributed by atoms with van der Waals surface area (Å²) in [6.07, 6.45) is -3.19.